The summed E-state index contributed by atoms with van der Waals surface area (Å²) in [5, 5.41) is 12.2. The molecule has 0 spiro atoms. The van der Waals surface area contributed by atoms with Crippen LogP contribution in [0.15, 0.2) is 24.3 Å². The quantitative estimate of drug-likeness (QED) is 0.795. The number of hydrogen-bond donors (Lipinski definition) is 2. The summed E-state index contributed by atoms with van der Waals surface area (Å²) in [5.41, 5.74) is 2.58. The summed E-state index contributed by atoms with van der Waals surface area (Å²) < 4.78 is 0. The summed E-state index contributed by atoms with van der Waals surface area (Å²) in [6.07, 6.45) is 0.856. The monoisotopic (exact) mass is 263 g/mol. The minimum atomic E-state index is -0.773. The summed E-state index contributed by atoms with van der Waals surface area (Å²) in [5.74, 6) is -0.129. The van der Waals surface area contributed by atoms with Crippen LogP contribution in [0.25, 0.3) is 0 Å². The normalized spacial score (nSPS) is 12.9. The van der Waals surface area contributed by atoms with Gasteiger partial charge in [-0.3, -0.25) is 4.79 Å². The van der Waals surface area contributed by atoms with E-state index in [1.54, 1.807) is 0 Å². The van der Waals surface area contributed by atoms with Crippen molar-refractivity contribution in [2.24, 2.45) is 5.92 Å². The van der Waals surface area contributed by atoms with Crippen LogP contribution in [0.1, 0.15) is 44.7 Å². The third-order valence-electron chi connectivity index (χ3n) is 3.36. The molecule has 1 aromatic rings. The first-order valence-electron chi connectivity index (χ1n) is 6.96. The maximum absolute atomic E-state index is 11.0. The van der Waals surface area contributed by atoms with Gasteiger partial charge in [0, 0.05) is 0 Å². The minimum Gasteiger partial charge on any atom is -0.480 e. The number of carbonyl (C=O) groups is 1. The van der Waals surface area contributed by atoms with E-state index in [0.717, 1.165) is 6.42 Å². The first-order chi connectivity index (χ1) is 8.91. The van der Waals surface area contributed by atoms with E-state index in [-0.39, 0.29) is 5.92 Å². The molecule has 0 saturated heterocycles. The highest BCUT2D eigenvalue weighted by Gasteiger charge is 2.19. The second-order valence-corrected chi connectivity index (χ2v) is 5.66. The lowest BCUT2D eigenvalue weighted by Gasteiger charge is -2.17. The maximum atomic E-state index is 11.0. The van der Waals surface area contributed by atoms with Gasteiger partial charge < -0.3 is 10.4 Å². The number of aliphatic carboxylic acids is 1. The van der Waals surface area contributed by atoms with Gasteiger partial charge in [-0.1, -0.05) is 52.0 Å². The van der Waals surface area contributed by atoms with Gasteiger partial charge >= 0.3 is 5.97 Å². The third-order valence-corrected chi connectivity index (χ3v) is 3.36. The molecule has 0 heterocycles. The smallest absolute Gasteiger partial charge is 0.320 e. The molecule has 0 saturated carbocycles. The van der Waals surface area contributed by atoms with Crippen LogP contribution in [0.2, 0.25) is 0 Å². The number of benzene rings is 1. The van der Waals surface area contributed by atoms with Crippen LogP contribution in [0.4, 0.5) is 0 Å². The summed E-state index contributed by atoms with van der Waals surface area (Å²) in [4.78, 5) is 11.0. The topological polar surface area (TPSA) is 49.3 Å². The van der Waals surface area contributed by atoms with E-state index in [1.165, 1.54) is 11.1 Å². The van der Waals surface area contributed by atoms with Gasteiger partial charge in [-0.05, 0) is 35.9 Å². The molecule has 1 atom stereocenters. The molecule has 0 aliphatic heterocycles. The van der Waals surface area contributed by atoms with Gasteiger partial charge in [-0.15, -0.1) is 0 Å². The molecule has 1 rings (SSSR count). The standard InChI is InChI=1S/C16H25NO2/c1-11(2)14-7-5-13(6-8-14)9-10-17-15(12(3)4)16(18)19/h5-8,11-12,15,17H,9-10H2,1-4H3,(H,18,19)/t15-/m0/s1. The number of carboxylic acid groups (broad SMARTS) is 1. The Hall–Kier alpha value is -1.35. The lowest BCUT2D eigenvalue weighted by molar-refractivity contribution is -0.140. The predicted octanol–water partition coefficient (Wildman–Crippen LogP) is 3.05. The molecule has 0 aliphatic rings. The van der Waals surface area contributed by atoms with Crippen molar-refractivity contribution in [3.63, 3.8) is 0 Å². The number of nitrogens with one attached hydrogen (secondary N) is 1. The van der Waals surface area contributed by atoms with E-state index in [4.69, 9.17) is 5.11 Å². The fourth-order valence-electron chi connectivity index (χ4n) is 2.05. The highest BCUT2D eigenvalue weighted by Crippen LogP contribution is 2.14. The molecule has 0 bridgehead atoms. The molecular formula is C16H25NO2. The van der Waals surface area contributed by atoms with Gasteiger partial charge in [0.2, 0.25) is 0 Å². The largest absolute Gasteiger partial charge is 0.480 e. The van der Waals surface area contributed by atoms with Gasteiger partial charge in [0.05, 0.1) is 0 Å². The van der Waals surface area contributed by atoms with E-state index in [9.17, 15) is 4.79 Å². The summed E-state index contributed by atoms with van der Waals surface area (Å²) in [6.45, 7) is 8.88. The highest BCUT2D eigenvalue weighted by atomic mass is 16.4. The Labute approximate surface area is 116 Å². The van der Waals surface area contributed by atoms with Crippen molar-refractivity contribution in [3.8, 4) is 0 Å². The second-order valence-electron chi connectivity index (χ2n) is 5.66. The molecule has 0 aromatic heterocycles. The average molecular weight is 263 g/mol. The molecule has 2 N–H and O–H groups in total. The van der Waals surface area contributed by atoms with E-state index >= 15 is 0 Å². The molecule has 0 amide bonds. The van der Waals surface area contributed by atoms with Crippen LogP contribution in [-0.4, -0.2) is 23.7 Å². The molecule has 3 nitrogen and oxygen atoms in total. The van der Waals surface area contributed by atoms with Crippen molar-refractivity contribution in [1.82, 2.24) is 5.32 Å². The molecular weight excluding hydrogens is 238 g/mol. The Morgan fingerprint density at radius 3 is 2.16 bits per heavy atom. The van der Waals surface area contributed by atoms with Gasteiger partial charge in [0.25, 0.3) is 0 Å². The Morgan fingerprint density at radius 2 is 1.74 bits per heavy atom. The van der Waals surface area contributed by atoms with Crippen molar-refractivity contribution in [2.75, 3.05) is 6.54 Å². The number of rotatable bonds is 7. The Kier molecular flexibility index (Phi) is 6.03. The Morgan fingerprint density at radius 1 is 1.16 bits per heavy atom. The van der Waals surface area contributed by atoms with Gasteiger partial charge in [-0.2, -0.15) is 0 Å². The van der Waals surface area contributed by atoms with E-state index in [0.29, 0.717) is 12.5 Å². The van der Waals surface area contributed by atoms with Crippen LogP contribution in [-0.2, 0) is 11.2 Å². The van der Waals surface area contributed by atoms with Crippen LogP contribution in [0, 0.1) is 5.92 Å². The van der Waals surface area contributed by atoms with Crippen LogP contribution in [0.5, 0.6) is 0 Å². The van der Waals surface area contributed by atoms with Gasteiger partial charge in [0.15, 0.2) is 0 Å². The number of hydrogen-bond acceptors (Lipinski definition) is 2. The van der Waals surface area contributed by atoms with E-state index in [1.807, 2.05) is 13.8 Å². The van der Waals surface area contributed by atoms with Crippen LogP contribution in [0.3, 0.4) is 0 Å². The van der Waals surface area contributed by atoms with E-state index < -0.39 is 12.0 Å². The summed E-state index contributed by atoms with van der Waals surface area (Å²) in [6, 6.07) is 8.09. The van der Waals surface area contributed by atoms with Gasteiger partial charge in [0.1, 0.15) is 6.04 Å². The molecule has 19 heavy (non-hydrogen) atoms. The molecule has 3 heteroatoms. The second kappa shape index (κ2) is 7.29. The van der Waals surface area contributed by atoms with Crippen molar-refractivity contribution < 1.29 is 9.90 Å². The van der Waals surface area contributed by atoms with Crippen molar-refractivity contribution >= 4 is 5.97 Å². The molecule has 106 valence electrons. The molecule has 0 unspecified atom stereocenters. The lowest BCUT2D eigenvalue weighted by Crippen LogP contribution is -2.41. The SMILES string of the molecule is CC(C)c1ccc(CCN[C@H](C(=O)O)C(C)C)cc1. The zero-order valence-electron chi connectivity index (χ0n) is 12.3. The third kappa shape index (κ3) is 5.03. The Balaban J connectivity index is 2.46. The molecule has 0 aliphatic carbocycles. The zero-order valence-corrected chi connectivity index (χ0v) is 12.3. The number of carboxylic acids is 1. The fraction of sp³-hybridized carbons (Fsp3) is 0.562. The molecule has 1 aromatic carbocycles. The van der Waals surface area contributed by atoms with Crippen LogP contribution >= 0.6 is 0 Å². The maximum Gasteiger partial charge on any atom is 0.320 e. The first kappa shape index (κ1) is 15.7. The van der Waals surface area contributed by atoms with Crippen molar-refractivity contribution in [2.45, 2.75) is 46.1 Å². The predicted molar refractivity (Wildman–Crippen MR) is 78.5 cm³/mol. The van der Waals surface area contributed by atoms with Crippen molar-refractivity contribution in [3.05, 3.63) is 35.4 Å². The summed E-state index contributed by atoms with van der Waals surface area (Å²) in [7, 11) is 0. The first-order valence-corrected chi connectivity index (χ1v) is 6.96. The minimum absolute atomic E-state index is 0.0980. The molecule has 0 fully saturated rings. The highest BCUT2D eigenvalue weighted by molar-refractivity contribution is 5.73. The van der Waals surface area contributed by atoms with Crippen molar-refractivity contribution in [1.29, 1.82) is 0 Å². The van der Waals surface area contributed by atoms with Gasteiger partial charge in [-0.25, -0.2) is 0 Å². The summed E-state index contributed by atoms with van der Waals surface area (Å²) >= 11 is 0. The Bertz CT molecular complexity index is 396. The fourth-order valence-corrected chi connectivity index (χ4v) is 2.05. The van der Waals surface area contributed by atoms with Crippen LogP contribution < -0.4 is 5.32 Å². The average Bonchev–Trinajstić information content (AvgIpc) is 2.34. The molecule has 0 radical (unpaired) electrons. The zero-order chi connectivity index (χ0) is 14.4. The van der Waals surface area contributed by atoms with E-state index in [2.05, 4.69) is 43.4 Å². The lowest BCUT2D eigenvalue weighted by atomic mass is 10.0.